The third kappa shape index (κ3) is 6.22. The van der Waals surface area contributed by atoms with Gasteiger partial charge < -0.3 is 9.47 Å². The van der Waals surface area contributed by atoms with E-state index < -0.39 is 5.91 Å². The summed E-state index contributed by atoms with van der Waals surface area (Å²) < 4.78 is 13.0. The molecule has 35 heavy (non-hydrogen) atoms. The monoisotopic (exact) mass is 616 g/mol. The molecule has 2 amide bonds. The number of amides is 2. The molecule has 1 fully saturated rings. The van der Waals surface area contributed by atoms with Crippen LogP contribution in [0.4, 0.5) is 0 Å². The largest absolute Gasteiger partial charge is 0.490 e. The Morgan fingerprint density at radius 1 is 1.09 bits per heavy atom. The van der Waals surface area contributed by atoms with Crippen molar-refractivity contribution in [3.63, 3.8) is 0 Å². The first kappa shape index (κ1) is 25.2. The van der Waals surface area contributed by atoms with Gasteiger partial charge in [-0.25, -0.2) is 0 Å². The molecular weight excluding hydrogens is 595 g/mol. The van der Waals surface area contributed by atoms with Crippen LogP contribution >= 0.6 is 46.6 Å². The first-order valence-corrected chi connectivity index (χ1v) is 13.0. The topological polar surface area (TPSA) is 67.9 Å². The number of thioether (sulfide) groups is 1. The summed E-state index contributed by atoms with van der Waals surface area (Å²) in [6.07, 6.45) is 1.74. The lowest BCUT2D eigenvalue weighted by Crippen LogP contribution is -2.44. The number of hydrogen-bond acceptors (Lipinski definition) is 6. The Hall–Kier alpha value is -2.89. The van der Waals surface area contributed by atoms with Gasteiger partial charge in [0.15, 0.2) is 15.8 Å². The Bertz CT molecular complexity index is 1280. The van der Waals surface area contributed by atoms with Gasteiger partial charge in [-0.3, -0.25) is 15.0 Å². The Morgan fingerprint density at radius 2 is 1.77 bits per heavy atom. The molecule has 0 aliphatic carbocycles. The van der Waals surface area contributed by atoms with Gasteiger partial charge in [0.05, 0.1) is 15.1 Å². The van der Waals surface area contributed by atoms with Crippen LogP contribution in [-0.2, 0) is 11.4 Å². The van der Waals surface area contributed by atoms with Crippen molar-refractivity contribution in [3.8, 4) is 11.5 Å². The predicted molar refractivity (Wildman–Crippen MR) is 150 cm³/mol. The molecule has 3 aromatic carbocycles. The van der Waals surface area contributed by atoms with E-state index in [4.69, 9.17) is 21.7 Å². The van der Waals surface area contributed by atoms with E-state index in [0.29, 0.717) is 35.2 Å². The minimum Gasteiger partial charge on any atom is -0.490 e. The molecule has 9 heteroatoms. The van der Waals surface area contributed by atoms with Gasteiger partial charge >= 0.3 is 0 Å². The van der Waals surface area contributed by atoms with Crippen molar-refractivity contribution in [3.05, 3.63) is 98.0 Å². The summed E-state index contributed by atoms with van der Waals surface area (Å²) in [6, 6.07) is 22.3. The van der Waals surface area contributed by atoms with Crippen LogP contribution in [0.15, 0.2) is 77.7 Å². The Balaban J connectivity index is 1.53. The second kappa shape index (κ2) is 11.7. The number of nitrogens with one attached hydrogen (secondary N) is 1. The molecular formula is C26H21IN2O4S2. The van der Waals surface area contributed by atoms with Gasteiger partial charge in [0.1, 0.15) is 6.61 Å². The van der Waals surface area contributed by atoms with Crippen molar-refractivity contribution in [2.24, 2.45) is 0 Å². The van der Waals surface area contributed by atoms with Crippen LogP contribution in [0.1, 0.15) is 28.4 Å². The molecule has 0 aromatic heterocycles. The summed E-state index contributed by atoms with van der Waals surface area (Å²) in [4.78, 5) is 25.9. The summed E-state index contributed by atoms with van der Waals surface area (Å²) >= 11 is 8.67. The van der Waals surface area contributed by atoms with Gasteiger partial charge in [-0.1, -0.05) is 60.3 Å². The Labute approximate surface area is 226 Å². The summed E-state index contributed by atoms with van der Waals surface area (Å²) in [5.41, 5.74) is 4.84. The van der Waals surface area contributed by atoms with E-state index in [-0.39, 0.29) is 10.2 Å². The first-order valence-electron chi connectivity index (χ1n) is 10.7. The van der Waals surface area contributed by atoms with E-state index in [1.54, 1.807) is 30.3 Å². The number of ether oxygens (including phenoxy) is 2. The number of hydrazine groups is 1. The maximum absolute atomic E-state index is 13.0. The zero-order valence-corrected chi connectivity index (χ0v) is 22.5. The normalized spacial score (nSPS) is 14.3. The molecule has 6 nitrogen and oxygen atoms in total. The minimum absolute atomic E-state index is 0.257. The second-order valence-corrected chi connectivity index (χ2v) is 10.2. The number of hydrogen-bond donors (Lipinski definition) is 1. The van der Waals surface area contributed by atoms with Crippen LogP contribution in [0, 0.1) is 3.57 Å². The van der Waals surface area contributed by atoms with E-state index in [1.807, 2.05) is 55.5 Å². The average Bonchev–Trinajstić information content (AvgIpc) is 3.12. The van der Waals surface area contributed by atoms with Gasteiger partial charge in [-0.05, 0) is 83.2 Å². The van der Waals surface area contributed by atoms with Gasteiger partial charge in [-0.15, -0.1) is 0 Å². The predicted octanol–water partition coefficient (Wildman–Crippen LogP) is 5.82. The number of nitrogens with zero attached hydrogens (tertiary/aromatic N) is 1. The Kier molecular flexibility index (Phi) is 8.42. The van der Waals surface area contributed by atoms with E-state index >= 15 is 0 Å². The maximum Gasteiger partial charge on any atom is 0.285 e. The van der Waals surface area contributed by atoms with Crippen molar-refractivity contribution in [1.82, 2.24) is 10.4 Å². The molecule has 0 radical (unpaired) electrons. The molecule has 0 bridgehead atoms. The quantitative estimate of drug-likeness (QED) is 0.196. The maximum atomic E-state index is 13.0. The standard InChI is InChI=1S/C26H21IN2O4S2/c1-2-32-21-14-18(13-20(27)23(21)33-16-17-9-5-3-6-10-17)15-22-25(31)29(26(34)35-22)28-24(30)19-11-7-4-8-12-19/h3-15H,2,16H2,1H3,(H,28,30)/b22-15+. The number of rotatable bonds is 8. The molecule has 0 atom stereocenters. The number of halogens is 1. The molecule has 1 aliphatic rings. The van der Waals surface area contributed by atoms with E-state index in [0.717, 1.165) is 31.5 Å². The van der Waals surface area contributed by atoms with E-state index in [2.05, 4.69) is 28.0 Å². The Morgan fingerprint density at radius 3 is 2.46 bits per heavy atom. The molecule has 178 valence electrons. The highest BCUT2D eigenvalue weighted by Gasteiger charge is 2.34. The number of thiocarbonyl (C=S) groups is 1. The lowest BCUT2D eigenvalue weighted by Gasteiger charge is -2.16. The number of benzene rings is 3. The highest BCUT2D eigenvalue weighted by molar-refractivity contribution is 14.1. The second-order valence-electron chi connectivity index (χ2n) is 7.36. The first-order chi connectivity index (χ1) is 17.0. The van der Waals surface area contributed by atoms with Crippen molar-refractivity contribution in [2.75, 3.05) is 6.61 Å². The lowest BCUT2D eigenvalue weighted by atomic mass is 10.1. The van der Waals surface area contributed by atoms with Gasteiger partial charge in [0.2, 0.25) is 0 Å². The van der Waals surface area contributed by atoms with Gasteiger partial charge in [-0.2, -0.15) is 5.01 Å². The highest BCUT2D eigenvalue weighted by Crippen LogP contribution is 2.37. The fraction of sp³-hybridized carbons (Fsp3) is 0.115. The minimum atomic E-state index is -0.406. The molecule has 0 spiro atoms. The van der Waals surface area contributed by atoms with Crippen LogP contribution in [0.5, 0.6) is 11.5 Å². The third-order valence-electron chi connectivity index (χ3n) is 4.90. The van der Waals surface area contributed by atoms with Crippen molar-refractivity contribution in [2.45, 2.75) is 13.5 Å². The average molecular weight is 617 g/mol. The fourth-order valence-electron chi connectivity index (χ4n) is 3.28. The zero-order valence-electron chi connectivity index (χ0n) is 18.7. The van der Waals surface area contributed by atoms with Gasteiger partial charge in [0, 0.05) is 5.56 Å². The van der Waals surface area contributed by atoms with Crippen LogP contribution in [0.2, 0.25) is 0 Å². The summed E-state index contributed by atoms with van der Waals surface area (Å²) in [6.45, 7) is 2.78. The number of carbonyl (C=O) groups excluding carboxylic acids is 2. The van der Waals surface area contributed by atoms with Crippen LogP contribution < -0.4 is 14.9 Å². The van der Waals surface area contributed by atoms with Crippen LogP contribution in [0.25, 0.3) is 6.08 Å². The molecule has 1 aliphatic heterocycles. The molecule has 1 heterocycles. The zero-order chi connectivity index (χ0) is 24.8. The molecule has 1 N–H and O–H groups in total. The lowest BCUT2D eigenvalue weighted by molar-refractivity contribution is -0.123. The van der Waals surface area contributed by atoms with Crippen molar-refractivity contribution in [1.29, 1.82) is 0 Å². The third-order valence-corrected chi connectivity index (χ3v) is 7.00. The molecule has 0 unspecified atom stereocenters. The molecule has 3 aromatic rings. The van der Waals surface area contributed by atoms with Crippen molar-refractivity contribution < 1.29 is 19.1 Å². The van der Waals surface area contributed by atoms with Crippen LogP contribution in [0.3, 0.4) is 0 Å². The smallest absolute Gasteiger partial charge is 0.285 e. The van der Waals surface area contributed by atoms with E-state index in [9.17, 15) is 9.59 Å². The summed E-state index contributed by atoms with van der Waals surface area (Å²) in [5.74, 6) is 0.448. The van der Waals surface area contributed by atoms with Gasteiger partial charge in [0.25, 0.3) is 11.8 Å². The summed E-state index contributed by atoms with van der Waals surface area (Å²) in [5, 5.41) is 1.10. The number of carbonyl (C=O) groups is 2. The molecule has 1 saturated heterocycles. The van der Waals surface area contributed by atoms with Crippen LogP contribution in [-0.4, -0.2) is 27.8 Å². The molecule has 0 saturated carbocycles. The highest BCUT2D eigenvalue weighted by atomic mass is 127. The fourth-order valence-corrected chi connectivity index (χ4v) is 5.24. The molecule has 4 rings (SSSR count). The van der Waals surface area contributed by atoms with Crippen molar-refractivity contribution >= 4 is 68.8 Å². The van der Waals surface area contributed by atoms with E-state index in [1.165, 1.54) is 0 Å². The SMILES string of the molecule is CCOc1cc(/C=C2/SC(=S)N(NC(=O)c3ccccc3)C2=O)cc(I)c1OCc1ccccc1. The summed E-state index contributed by atoms with van der Waals surface area (Å²) in [7, 11) is 0.